The molecule has 0 heterocycles. The third-order valence-electron chi connectivity index (χ3n) is 2.91. The van der Waals surface area contributed by atoms with Crippen molar-refractivity contribution in [2.45, 2.75) is 18.4 Å². The summed E-state index contributed by atoms with van der Waals surface area (Å²) in [6.07, 6.45) is 0. The second-order valence-corrected chi connectivity index (χ2v) is 7.34. The molecule has 0 aliphatic heterocycles. The van der Waals surface area contributed by atoms with Gasteiger partial charge in [0.2, 0.25) is 0 Å². The molecule has 0 radical (unpaired) electrons. The van der Waals surface area contributed by atoms with Crippen LogP contribution in [0.5, 0.6) is 0 Å². The van der Waals surface area contributed by atoms with E-state index in [1.807, 2.05) is 31.2 Å². The van der Waals surface area contributed by atoms with E-state index in [2.05, 4.69) is 0 Å². The Bertz CT molecular complexity index is 726. The first kappa shape index (κ1) is 14.9. The van der Waals surface area contributed by atoms with Gasteiger partial charge in [-0.25, -0.2) is 8.42 Å². The van der Waals surface area contributed by atoms with Crippen molar-refractivity contribution in [3.63, 3.8) is 0 Å². The second-order valence-electron chi connectivity index (χ2n) is 4.87. The van der Waals surface area contributed by atoms with Gasteiger partial charge < -0.3 is 5.73 Å². The number of hydrogen-bond acceptors (Lipinski definition) is 3. The van der Waals surface area contributed by atoms with Gasteiger partial charge >= 0.3 is 0 Å². The fourth-order valence-corrected chi connectivity index (χ4v) is 3.81. The number of nitrogen functional groups attached to an aromatic ring is 1. The van der Waals surface area contributed by atoms with Crippen molar-refractivity contribution in [1.82, 2.24) is 0 Å². The molecular formula is C15H16ClNO2S. The van der Waals surface area contributed by atoms with Gasteiger partial charge in [-0.3, -0.25) is 0 Å². The highest BCUT2D eigenvalue weighted by Crippen LogP contribution is 2.22. The highest BCUT2D eigenvalue weighted by molar-refractivity contribution is 7.89. The third-order valence-corrected chi connectivity index (χ3v) is 4.81. The van der Waals surface area contributed by atoms with Crippen LogP contribution in [-0.4, -0.2) is 8.42 Å². The average Bonchev–Trinajstić information content (AvgIpc) is 2.33. The van der Waals surface area contributed by atoms with Crippen molar-refractivity contribution >= 4 is 27.1 Å². The molecule has 2 rings (SSSR count). The Hall–Kier alpha value is -1.52. The molecule has 0 saturated heterocycles. The number of halogens is 1. The first-order chi connectivity index (χ1) is 9.35. The molecule has 2 aromatic rings. The van der Waals surface area contributed by atoms with Crippen molar-refractivity contribution in [3.8, 4) is 0 Å². The Morgan fingerprint density at radius 1 is 1.10 bits per heavy atom. The molecule has 0 fully saturated rings. The highest BCUT2D eigenvalue weighted by Gasteiger charge is 2.15. The van der Waals surface area contributed by atoms with E-state index >= 15 is 0 Å². The molecule has 0 unspecified atom stereocenters. The van der Waals surface area contributed by atoms with Gasteiger partial charge in [0.25, 0.3) is 0 Å². The van der Waals surface area contributed by atoms with Gasteiger partial charge in [0.15, 0.2) is 9.84 Å². The Labute approximate surface area is 124 Å². The maximum Gasteiger partial charge on any atom is 0.158 e. The number of benzene rings is 2. The van der Waals surface area contributed by atoms with Gasteiger partial charge in [-0.05, 0) is 36.2 Å². The fourth-order valence-electron chi connectivity index (χ4n) is 2.05. The molecule has 5 heteroatoms. The summed E-state index contributed by atoms with van der Waals surface area (Å²) in [5.74, 6) is -0.107. The zero-order chi connectivity index (χ0) is 14.8. The highest BCUT2D eigenvalue weighted by atomic mass is 35.5. The lowest BCUT2D eigenvalue weighted by molar-refractivity contribution is 0.594. The molecule has 0 spiro atoms. The van der Waals surface area contributed by atoms with Gasteiger partial charge in [0.1, 0.15) is 0 Å². The molecule has 2 aromatic carbocycles. The van der Waals surface area contributed by atoms with Gasteiger partial charge in [-0.15, -0.1) is 0 Å². The van der Waals surface area contributed by atoms with E-state index in [0.29, 0.717) is 16.3 Å². The molecule has 3 nitrogen and oxygen atoms in total. The number of nitrogens with two attached hydrogens (primary N) is 1. The number of sulfone groups is 1. The summed E-state index contributed by atoms with van der Waals surface area (Å²) in [6, 6.07) is 12.4. The lowest BCUT2D eigenvalue weighted by Gasteiger charge is -2.08. The monoisotopic (exact) mass is 309 g/mol. The summed E-state index contributed by atoms with van der Waals surface area (Å²) in [6.45, 7) is 1.94. The van der Waals surface area contributed by atoms with Crippen LogP contribution in [-0.2, 0) is 21.3 Å². The molecule has 0 aromatic heterocycles. The predicted molar refractivity (Wildman–Crippen MR) is 83.4 cm³/mol. The summed E-state index contributed by atoms with van der Waals surface area (Å²) < 4.78 is 24.5. The maximum atomic E-state index is 12.2. The zero-order valence-corrected chi connectivity index (χ0v) is 12.7. The number of aryl methyl sites for hydroxylation is 1. The number of rotatable bonds is 4. The molecule has 0 saturated carbocycles. The predicted octanol–water partition coefficient (Wildman–Crippen LogP) is 3.35. The van der Waals surface area contributed by atoms with E-state index in [1.165, 1.54) is 0 Å². The molecule has 0 amide bonds. The molecular weight excluding hydrogens is 294 g/mol. The summed E-state index contributed by atoms with van der Waals surface area (Å²) in [7, 11) is -3.28. The van der Waals surface area contributed by atoms with E-state index in [0.717, 1.165) is 11.1 Å². The van der Waals surface area contributed by atoms with E-state index < -0.39 is 9.84 Å². The summed E-state index contributed by atoms with van der Waals surface area (Å²) in [4.78, 5) is 0. The Kier molecular flexibility index (Phi) is 4.35. The van der Waals surface area contributed by atoms with E-state index in [9.17, 15) is 8.42 Å². The van der Waals surface area contributed by atoms with Crippen LogP contribution in [0, 0.1) is 6.92 Å². The Morgan fingerprint density at radius 3 is 2.55 bits per heavy atom. The van der Waals surface area contributed by atoms with Gasteiger partial charge in [-0.1, -0.05) is 41.4 Å². The quantitative estimate of drug-likeness (QED) is 0.881. The largest absolute Gasteiger partial charge is 0.399 e. The SMILES string of the molecule is Cc1cccc(CS(=O)(=O)Cc2cc(N)ccc2Cl)c1. The van der Waals surface area contributed by atoms with Gasteiger partial charge in [0.05, 0.1) is 11.5 Å². The van der Waals surface area contributed by atoms with Crippen LogP contribution in [0.2, 0.25) is 5.02 Å². The standard InChI is InChI=1S/C15H16ClNO2S/c1-11-3-2-4-12(7-11)9-20(18,19)10-13-8-14(17)5-6-15(13)16/h2-8H,9-10,17H2,1H3. The maximum absolute atomic E-state index is 12.2. The van der Waals surface area contributed by atoms with Crippen molar-refractivity contribution in [2.75, 3.05) is 5.73 Å². The van der Waals surface area contributed by atoms with Gasteiger partial charge in [0, 0.05) is 10.7 Å². The average molecular weight is 310 g/mol. The number of hydrogen-bond donors (Lipinski definition) is 1. The van der Waals surface area contributed by atoms with E-state index in [-0.39, 0.29) is 11.5 Å². The smallest absolute Gasteiger partial charge is 0.158 e. The molecule has 0 atom stereocenters. The zero-order valence-electron chi connectivity index (χ0n) is 11.1. The molecule has 0 aliphatic carbocycles. The van der Waals surface area contributed by atoms with Crippen molar-refractivity contribution in [3.05, 3.63) is 64.2 Å². The normalized spacial score (nSPS) is 11.5. The molecule has 0 bridgehead atoms. The fraction of sp³-hybridized carbons (Fsp3) is 0.200. The van der Waals surface area contributed by atoms with Crippen LogP contribution in [0.3, 0.4) is 0 Å². The van der Waals surface area contributed by atoms with Crippen LogP contribution in [0.1, 0.15) is 16.7 Å². The van der Waals surface area contributed by atoms with E-state index in [4.69, 9.17) is 17.3 Å². The van der Waals surface area contributed by atoms with Crippen molar-refractivity contribution in [1.29, 1.82) is 0 Å². The summed E-state index contributed by atoms with van der Waals surface area (Å²) in [5, 5.41) is 0.423. The summed E-state index contributed by atoms with van der Waals surface area (Å²) in [5.41, 5.74) is 8.54. The first-order valence-corrected chi connectivity index (χ1v) is 8.35. The molecule has 2 N–H and O–H groups in total. The number of anilines is 1. The van der Waals surface area contributed by atoms with Crippen LogP contribution >= 0.6 is 11.6 Å². The minimum atomic E-state index is -3.28. The lowest BCUT2D eigenvalue weighted by atomic mass is 10.2. The van der Waals surface area contributed by atoms with Crippen LogP contribution in [0.15, 0.2) is 42.5 Å². The Balaban J connectivity index is 2.21. The van der Waals surface area contributed by atoms with Gasteiger partial charge in [-0.2, -0.15) is 0 Å². The van der Waals surface area contributed by atoms with Crippen LogP contribution < -0.4 is 5.73 Å². The molecule has 20 heavy (non-hydrogen) atoms. The second kappa shape index (κ2) is 5.85. The van der Waals surface area contributed by atoms with Crippen LogP contribution in [0.4, 0.5) is 5.69 Å². The van der Waals surface area contributed by atoms with Crippen molar-refractivity contribution < 1.29 is 8.42 Å². The summed E-state index contributed by atoms with van der Waals surface area (Å²) >= 11 is 6.01. The minimum absolute atomic E-state index is 0.000191. The van der Waals surface area contributed by atoms with Crippen LogP contribution in [0.25, 0.3) is 0 Å². The lowest BCUT2D eigenvalue weighted by Crippen LogP contribution is -2.08. The third kappa shape index (κ3) is 3.99. The van der Waals surface area contributed by atoms with Crippen molar-refractivity contribution in [2.24, 2.45) is 0 Å². The first-order valence-electron chi connectivity index (χ1n) is 6.15. The molecule has 106 valence electrons. The Morgan fingerprint density at radius 2 is 1.85 bits per heavy atom. The topological polar surface area (TPSA) is 60.2 Å². The molecule has 0 aliphatic rings. The minimum Gasteiger partial charge on any atom is -0.399 e. The van der Waals surface area contributed by atoms with E-state index in [1.54, 1.807) is 18.2 Å².